The number of rotatable bonds is 5. The van der Waals surface area contributed by atoms with Gasteiger partial charge in [-0.25, -0.2) is 0 Å². The minimum absolute atomic E-state index is 0.0956. The topological polar surface area (TPSA) is 104 Å². The number of ether oxygens (including phenoxy) is 2. The van der Waals surface area contributed by atoms with Crippen molar-refractivity contribution in [3.63, 3.8) is 0 Å². The number of hydrogen-bond acceptors (Lipinski definition) is 6. The number of nitrogens with one attached hydrogen (secondary N) is 1. The maximum atomic E-state index is 11.8. The Hall–Kier alpha value is -1.51. The first-order valence-corrected chi connectivity index (χ1v) is 5.87. The average Bonchev–Trinajstić information content (AvgIpc) is 2.86. The summed E-state index contributed by atoms with van der Waals surface area (Å²) in [5.74, 6) is -0.271. The van der Waals surface area contributed by atoms with E-state index in [1.807, 2.05) is 0 Å². The monoisotopic (exact) mass is 255 g/mol. The summed E-state index contributed by atoms with van der Waals surface area (Å²) >= 11 is 0. The zero-order valence-corrected chi connectivity index (χ0v) is 10.0. The smallest absolute Gasteiger partial charge is 0.273 e. The Bertz CT molecular complexity index is 389. The normalized spacial score (nSPS) is 19.7. The van der Waals surface area contributed by atoms with Gasteiger partial charge in [0.15, 0.2) is 5.69 Å². The molecule has 1 aromatic rings. The number of carbonyl (C=O) groups is 1. The molecular formula is C10H17N5O3. The summed E-state index contributed by atoms with van der Waals surface area (Å²) in [4.78, 5) is 11.8. The number of carbonyl (C=O) groups excluding carboxylic acids is 1. The third kappa shape index (κ3) is 3.49. The lowest BCUT2D eigenvalue weighted by Gasteiger charge is -2.22. The molecule has 18 heavy (non-hydrogen) atoms. The van der Waals surface area contributed by atoms with Crippen LogP contribution in [0.2, 0.25) is 0 Å². The van der Waals surface area contributed by atoms with Crippen LogP contribution in [-0.4, -0.2) is 59.9 Å². The standard InChI is InChI=1S/C10H17N5O3/c11-1-2-15-6-9(13-14-15)10(16)12-5-8-7-17-3-4-18-8/h6,8H,1-5,7,11H2,(H,12,16). The van der Waals surface area contributed by atoms with Crippen LogP contribution in [0, 0.1) is 0 Å². The van der Waals surface area contributed by atoms with Crippen LogP contribution < -0.4 is 11.1 Å². The van der Waals surface area contributed by atoms with Crippen molar-refractivity contribution in [2.24, 2.45) is 5.73 Å². The van der Waals surface area contributed by atoms with Crippen LogP contribution in [0.15, 0.2) is 6.20 Å². The summed E-state index contributed by atoms with van der Waals surface area (Å²) in [5, 5.41) is 10.3. The predicted octanol–water partition coefficient (Wildman–Crippen LogP) is -1.62. The molecule has 1 saturated heterocycles. The van der Waals surface area contributed by atoms with E-state index >= 15 is 0 Å². The van der Waals surface area contributed by atoms with Gasteiger partial charge in [-0.15, -0.1) is 5.10 Å². The molecule has 8 heteroatoms. The largest absolute Gasteiger partial charge is 0.376 e. The molecule has 1 aliphatic heterocycles. The minimum Gasteiger partial charge on any atom is -0.376 e. The van der Waals surface area contributed by atoms with Crippen LogP contribution in [0.3, 0.4) is 0 Å². The summed E-state index contributed by atoms with van der Waals surface area (Å²) in [5.41, 5.74) is 5.66. The molecule has 8 nitrogen and oxygen atoms in total. The highest BCUT2D eigenvalue weighted by atomic mass is 16.6. The number of amides is 1. The van der Waals surface area contributed by atoms with Gasteiger partial charge in [0.05, 0.1) is 38.7 Å². The Balaban J connectivity index is 1.79. The molecule has 0 spiro atoms. The molecule has 1 unspecified atom stereocenters. The Labute approximate surface area is 104 Å². The van der Waals surface area contributed by atoms with Crippen LogP contribution in [0.4, 0.5) is 0 Å². The second-order valence-electron chi connectivity index (χ2n) is 3.93. The van der Waals surface area contributed by atoms with Gasteiger partial charge < -0.3 is 20.5 Å². The molecule has 2 rings (SSSR count). The maximum Gasteiger partial charge on any atom is 0.273 e. The molecule has 1 fully saturated rings. The lowest BCUT2D eigenvalue weighted by molar-refractivity contribution is -0.0855. The van der Waals surface area contributed by atoms with Crippen molar-refractivity contribution >= 4 is 5.91 Å². The van der Waals surface area contributed by atoms with Crippen molar-refractivity contribution in [1.82, 2.24) is 20.3 Å². The summed E-state index contributed by atoms with van der Waals surface area (Å²) in [6.45, 7) is 3.07. The van der Waals surface area contributed by atoms with E-state index in [1.54, 1.807) is 6.20 Å². The molecule has 1 atom stereocenters. The molecule has 0 aliphatic carbocycles. The van der Waals surface area contributed by atoms with Crippen molar-refractivity contribution < 1.29 is 14.3 Å². The van der Waals surface area contributed by atoms with E-state index < -0.39 is 0 Å². The van der Waals surface area contributed by atoms with E-state index in [1.165, 1.54) is 4.68 Å². The highest BCUT2D eigenvalue weighted by Gasteiger charge is 2.17. The van der Waals surface area contributed by atoms with Gasteiger partial charge in [-0.1, -0.05) is 5.21 Å². The van der Waals surface area contributed by atoms with Gasteiger partial charge in [-0.3, -0.25) is 9.48 Å². The molecular weight excluding hydrogens is 238 g/mol. The number of aromatic nitrogens is 3. The van der Waals surface area contributed by atoms with Gasteiger partial charge in [0.25, 0.3) is 5.91 Å². The number of nitrogens with zero attached hydrogens (tertiary/aromatic N) is 3. The van der Waals surface area contributed by atoms with E-state index in [2.05, 4.69) is 15.6 Å². The second kappa shape index (κ2) is 6.43. The second-order valence-corrected chi connectivity index (χ2v) is 3.93. The van der Waals surface area contributed by atoms with Gasteiger partial charge >= 0.3 is 0 Å². The first-order valence-electron chi connectivity index (χ1n) is 5.87. The van der Waals surface area contributed by atoms with E-state index in [-0.39, 0.29) is 17.7 Å². The first-order chi connectivity index (χ1) is 8.79. The third-order valence-electron chi connectivity index (χ3n) is 2.50. The van der Waals surface area contributed by atoms with Crippen molar-refractivity contribution in [2.45, 2.75) is 12.6 Å². The van der Waals surface area contributed by atoms with E-state index in [0.29, 0.717) is 39.5 Å². The lowest BCUT2D eigenvalue weighted by Crippen LogP contribution is -2.39. The van der Waals surface area contributed by atoms with E-state index in [4.69, 9.17) is 15.2 Å². The molecule has 1 aromatic heterocycles. The fourth-order valence-corrected chi connectivity index (χ4v) is 1.60. The first kappa shape index (κ1) is 12.9. The highest BCUT2D eigenvalue weighted by Crippen LogP contribution is 2.00. The van der Waals surface area contributed by atoms with Crippen LogP contribution in [-0.2, 0) is 16.0 Å². The van der Waals surface area contributed by atoms with Gasteiger partial charge in [0, 0.05) is 13.1 Å². The summed E-state index contributed by atoms with van der Waals surface area (Å²) in [6.07, 6.45) is 1.47. The zero-order chi connectivity index (χ0) is 12.8. The van der Waals surface area contributed by atoms with Crippen molar-refractivity contribution in [3.8, 4) is 0 Å². The molecule has 0 bridgehead atoms. The van der Waals surface area contributed by atoms with E-state index in [0.717, 1.165) is 0 Å². The summed E-state index contributed by atoms with van der Waals surface area (Å²) in [7, 11) is 0. The Kier molecular flexibility index (Phi) is 4.62. The van der Waals surface area contributed by atoms with Crippen LogP contribution in [0.5, 0.6) is 0 Å². The Morgan fingerprint density at radius 2 is 2.50 bits per heavy atom. The minimum atomic E-state index is -0.271. The SMILES string of the molecule is NCCn1cc(C(=O)NCC2COCCO2)nn1. The van der Waals surface area contributed by atoms with Crippen LogP contribution >= 0.6 is 0 Å². The molecule has 2 heterocycles. The van der Waals surface area contributed by atoms with Crippen LogP contribution in [0.25, 0.3) is 0 Å². The molecule has 0 radical (unpaired) electrons. The van der Waals surface area contributed by atoms with Gasteiger partial charge in [-0.2, -0.15) is 0 Å². The van der Waals surface area contributed by atoms with Gasteiger partial charge in [-0.05, 0) is 0 Å². The highest BCUT2D eigenvalue weighted by molar-refractivity contribution is 5.91. The maximum absolute atomic E-state index is 11.8. The molecule has 0 saturated carbocycles. The van der Waals surface area contributed by atoms with Crippen LogP contribution in [0.1, 0.15) is 10.5 Å². The average molecular weight is 255 g/mol. The number of hydrogen-bond donors (Lipinski definition) is 2. The summed E-state index contributed by atoms with van der Waals surface area (Å²) in [6, 6.07) is 0. The van der Waals surface area contributed by atoms with Crippen molar-refractivity contribution in [2.75, 3.05) is 32.9 Å². The molecule has 0 aromatic carbocycles. The van der Waals surface area contributed by atoms with Gasteiger partial charge in [0.1, 0.15) is 0 Å². The summed E-state index contributed by atoms with van der Waals surface area (Å²) < 4.78 is 12.2. The third-order valence-corrected chi connectivity index (χ3v) is 2.50. The van der Waals surface area contributed by atoms with Crippen molar-refractivity contribution in [3.05, 3.63) is 11.9 Å². The predicted molar refractivity (Wildman–Crippen MR) is 62.0 cm³/mol. The fraction of sp³-hybridized carbons (Fsp3) is 0.700. The molecule has 100 valence electrons. The fourth-order valence-electron chi connectivity index (χ4n) is 1.60. The molecule has 3 N–H and O–H groups in total. The lowest BCUT2D eigenvalue weighted by atomic mass is 10.3. The van der Waals surface area contributed by atoms with Crippen molar-refractivity contribution in [1.29, 1.82) is 0 Å². The Morgan fingerprint density at radius 1 is 1.61 bits per heavy atom. The Morgan fingerprint density at radius 3 is 3.22 bits per heavy atom. The quantitative estimate of drug-likeness (QED) is 0.655. The molecule has 1 amide bonds. The van der Waals surface area contributed by atoms with Gasteiger partial charge in [0.2, 0.25) is 0 Å². The van der Waals surface area contributed by atoms with E-state index in [9.17, 15) is 4.79 Å². The number of nitrogens with two attached hydrogens (primary N) is 1. The molecule has 1 aliphatic rings. The zero-order valence-electron chi connectivity index (χ0n) is 10.0.